The van der Waals surface area contributed by atoms with Crippen LogP contribution in [0.2, 0.25) is 0 Å². The summed E-state index contributed by atoms with van der Waals surface area (Å²) in [5.74, 6) is -0.00805. The minimum Gasteiger partial charge on any atom is -0.207 e. The van der Waals surface area contributed by atoms with Crippen LogP contribution in [0, 0.1) is 29.3 Å². The van der Waals surface area contributed by atoms with Crippen molar-refractivity contribution in [2.45, 2.75) is 44.4 Å². The minimum absolute atomic E-state index is 0.167. The number of fused-ring (bicyclic) bond motifs is 3. The first-order valence-corrected chi connectivity index (χ1v) is 9.44. The number of allylic oxidation sites excluding steroid dienone is 2. The monoisotopic (exact) mass is 356 g/mol. The van der Waals surface area contributed by atoms with Crippen molar-refractivity contribution in [3.8, 4) is 0 Å². The van der Waals surface area contributed by atoms with Crippen molar-refractivity contribution in [3.63, 3.8) is 0 Å². The summed E-state index contributed by atoms with van der Waals surface area (Å²) in [6, 6.07) is 9.32. The lowest BCUT2D eigenvalue weighted by molar-refractivity contribution is 0.194. The van der Waals surface area contributed by atoms with E-state index in [0.29, 0.717) is 23.8 Å². The van der Waals surface area contributed by atoms with Gasteiger partial charge in [-0.15, -0.1) is 0 Å². The third-order valence-electron chi connectivity index (χ3n) is 6.27. The lowest BCUT2D eigenvalue weighted by Gasteiger charge is -2.46. The van der Waals surface area contributed by atoms with Gasteiger partial charge in [0.05, 0.1) is 0 Å². The molecule has 2 aromatic rings. The third kappa shape index (κ3) is 2.98. The van der Waals surface area contributed by atoms with E-state index in [2.05, 4.69) is 12.2 Å². The van der Waals surface area contributed by atoms with Gasteiger partial charge in [0.15, 0.2) is 0 Å². The van der Waals surface area contributed by atoms with Crippen molar-refractivity contribution in [2.24, 2.45) is 11.8 Å². The molecule has 2 aromatic carbocycles. The highest BCUT2D eigenvalue weighted by molar-refractivity contribution is 5.38. The highest BCUT2D eigenvalue weighted by Crippen LogP contribution is 2.54. The molecule has 1 fully saturated rings. The van der Waals surface area contributed by atoms with Crippen LogP contribution in [0.4, 0.5) is 13.2 Å². The predicted molar refractivity (Wildman–Crippen MR) is 97.6 cm³/mol. The van der Waals surface area contributed by atoms with Crippen molar-refractivity contribution in [2.75, 3.05) is 0 Å². The van der Waals surface area contributed by atoms with Crippen molar-refractivity contribution in [1.82, 2.24) is 0 Å². The zero-order chi connectivity index (χ0) is 18.3. The molecule has 3 heteroatoms. The van der Waals surface area contributed by atoms with Crippen LogP contribution in [0.5, 0.6) is 0 Å². The van der Waals surface area contributed by atoms with E-state index in [-0.39, 0.29) is 17.7 Å². The summed E-state index contributed by atoms with van der Waals surface area (Å²) in [4.78, 5) is 0. The van der Waals surface area contributed by atoms with E-state index in [4.69, 9.17) is 0 Å². The molecule has 2 aliphatic carbocycles. The molecule has 4 rings (SSSR count). The second-order valence-electron chi connectivity index (χ2n) is 7.61. The second-order valence-corrected chi connectivity index (χ2v) is 7.61. The number of hydrogen-bond acceptors (Lipinski definition) is 0. The summed E-state index contributed by atoms with van der Waals surface area (Å²) in [6.07, 6.45) is 7.76. The van der Waals surface area contributed by atoms with Gasteiger partial charge in [-0.1, -0.05) is 24.3 Å². The van der Waals surface area contributed by atoms with Gasteiger partial charge < -0.3 is 0 Å². The Labute approximate surface area is 152 Å². The zero-order valence-electron chi connectivity index (χ0n) is 14.9. The number of hydrogen-bond donors (Lipinski definition) is 0. The van der Waals surface area contributed by atoms with E-state index >= 15 is 0 Å². The molecule has 136 valence electrons. The van der Waals surface area contributed by atoms with E-state index < -0.39 is 11.6 Å². The molecule has 0 nitrogen and oxygen atoms in total. The van der Waals surface area contributed by atoms with Gasteiger partial charge in [-0.2, -0.15) is 0 Å². The van der Waals surface area contributed by atoms with Crippen LogP contribution in [-0.4, -0.2) is 0 Å². The molecular weight excluding hydrogens is 333 g/mol. The van der Waals surface area contributed by atoms with Gasteiger partial charge in [0, 0.05) is 6.07 Å². The van der Waals surface area contributed by atoms with Crippen molar-refractivity contribution in [1.29, 1.82) is 0 Å². The molecule has 0 saturated heterocycles. The highest BCUT2D eigenvalue weighted by Gasteiger charge is 2.42. The van der Waals surface area contributed by atoms with Crippen LogP contribution in [0.25, 0.3) is 0 Å². The summed E-state index contributed by atoms with van der Waals surface area (Å²) in [5, 5.41) is 0. The summed E-state index contributed by atoms with van der Waals surface area (Å²) < 4.78 is 41.6. The van der Waals surface area contributed by atoms with E-state index in [1.165, 1.54) is 18.2 Å². The molecule has 0 aliphatic heterocycles. The van der Waals surface area contributed by atoms with Gasteiger partial charge >= 0.3 is 0 Å². The van der Waals surface area contributed by atoms with Crippen molar-refractivity contribution < 1.29 is 13.2 Å². The average molecular weight is 356 g/mol. The van der Waals surface area contributed by atoms with Crippen molar-refractivity contribution >= 4 is 0 Å². The van der Waals surface area contributed by atoms with E-state index in [9.17, 15) is 13.2 Å². The maximum Gasteiger partial charge on any atom is 0.129 e. The SMILES string of the molecule is C/C=C/[C@@H]1CC[C@H]2c3cc(F)cc(F)c3CC[C@@H]2[C@H]1c1ccc(F)cc1. The topological polar surface area (TPSA) is 0 Å². The quantitative estimate of drug-likeness (QED) is 0.537. The highest BCUT2D eigenvalue weighted by atomic mass is 19.1. The first-order valence-electron chi connectivity index (χ1n) is 9.44. The molecule has 0 unspecified atom stereocenters. The van der Waals surface area contributed by atoms with E-state index in [1.54, 1.807) is 0 Å². The lowest BCUT2D eigenvalue weighted by Crippen LogP contribution is -2.35. The normalized spacial score (nSPS) is 28.0. The summed E-state index contributed by atoms with van der Waals surface area (Å²) in [6.45, 7) is 2.02. The molecule has 26 heavy (non-hydrogen) atoms. The molecule has 0 spiro atoms. The number of halogens is 3. The van der Waals surface area contributed by atoms with E-state index in [1.807, 2.05) is 19.1 Å². The Balaban J connectivity index is 1.77. The molecule has 0 radical (unpaired) electrons. The van der Waals surface area contributed by atoms with Gasteiger partial charge in [-0.3, -0.25) is 0 Å². The first-order chi connectivity index (χ1) is 12.6. The Bertz CT molecular complexity index is 822. The third-order valence-corrected chi connectivity index (χ3v) is 6.27. The molecular formula is C23H23F3. The maximum absolute atomic E-state index is 14.3. The first kappa shape index (κ1) is 17.4. The molecule has 1 saturated carbocycles. The molecule has 0 aromatic heterocycles. The van der Waals surface area contributed by atoms with Crippen LogP contribution in [0.3, 0.4) is 0 Å². The van der Waals surface area contributed by atoms with Gasteiger partial charge in [0.25, 0.3) is 0 Å². The van der Waals surface area contributed by atoms with Gasteiger partial charge in [-0.25, -0.2) is 13.2 Å². The average Bonchev–Trinajstić information content (AvgIpc) is 2.62. The van der Waals surface area contributed by atoms with Crippen LogP contribution >= 0.6 is 0 Å². The Kier molecular flexibility index (Phi) is 4.64. The lowest BCUT2D eigenvalue weighted by atomic mass is 9.58. The van der Waals surface area contributed by atoms with Crippen LogP contribution in [0.1, 0.15) is 54.7 Å². The maximum atomic E-state index is 14.3. The fraction of sp³-hybridized carbons (Fsp3) is 0.391. The smallest absolute Gasteiger partial charge is 0.129 e. The van der Waals surface area contributed by atoms with Gasteiger partial charge in [0.2, 0.25) is 0 Å². The molecule has 4 atom stereocenters. The summed E-state index contributed by atoms with van der Waals surface area (Å²) in [5.41, 5.74) is 2.67. The summed E-state index contributed by atoms with van der Waals surface area (Å²) in [7, 11) is 0. The molecule has 0 bridgehead atoms. The van der Waals surface area contributed by atoms with Gasteiger partial charge in [0.1, 0.15) is 17.5 Å². The fourth-order valence-electron chi connectivity index (χ4n) is 5.27. The fourth-order valence-corrected chi connectivity index (χ4v) is 5.27. The Morgan fingerprint density at radius 1 is 0.923 bits per heavy atom. The Morgan fingerprint density at radius 3 is 2.42 bits per heavy atom. The summed E-state index contributed by atoms with van der Waals surface area (Å²) >= 11 is 0. The largest absolute Gasteiger partial charge is 0.207 e. The van der Waals surface area contributed by atoms with Crippen LogP contribution < -0.4 is 0 Å². The minimum atomic E-state index is -0.490. The number of rotatable bonds is 2. The molecule has 0 heterocycles. The Morgan fingerprint density at radius 2 is 1.69 bits per heavy atom. The number of benzene rings is 2. The van der Waals surface area contributed by atoms with Crippen LogP contribution in [0.15, 0.2) is 48.6 Å². The van der Waals surface area contributed by atoms with E-state index in [0.717, 1.165) is 36.5 Å². The van der Waals surface area contributed by atoms with Gasteiger partial charge in [-0.05, 0) is 91.2 Å². The zero-order valence-corrected chi connectivity index (χ0v) is 14.9. The van der Waals surface area contributed by atoms with Crippen molar-refractivity contribution in [3.05, 3.63) is 82.7 Å². The van der Waals surface area contributed by atoms with Crippen LogP contribution in [-0.2, 0) is 6.42 Å². The molecule has 0 N–H and O–H groups in total. The predicted octanol–water partition coefficient (Wildman–Crippen LogP) is 6.52. The molecule has 0 amide bonds. The Hall–Kier alpha value is -2.03. The molecule has 2 aliphatic rings. The second kappa shape index (κ2) is 6.94. The standard InChI is InChI=1S/C23H23F3/c1-2-3-14-6-9-18-20(23(14)15-4-7-16(24)8-5-15)11-10-19-21(18)12-17(25)13-22(19)26/h2-5,7-8,12-14,18,20,23H,6,9-11H2,1H3/b3-2+/t14-,18-,20+,23-/m1/s1.